The number of amides is 2. The molecule has 0 bridgehead atoms. The van der Waals surface area contributed by atoms with Gasteiger partial charge in [0.1, 0.15) is 12.2 Å². The van der Waals surface area contributed by atoms with Gasteiger partial charge in [-0.25, -0.2) is 9.59 Å². The van der Waals surface area contributed by atoms with Gasteiger partial charge in [0.25, 0.3) is 0 Å². The molecule has 0 unspecified atom stereocenters. The first kappa shape index (κ1) is 19.1. The molecule has 0 N–H and O–H groups in total. The number of nitrogens with zero attached hydrogens (tertiary/aromatic N) is 2. The second-order valence-electron chi connectivity index (χ2n) is 7.37. The third-order valence-corrected chi connectivity index (χ3v) is 4.09. The lowest BCUT2D eigenvalue weighted by Crippen LogP contribution is -2.51. The van der Waals surface area contributed by atoms with E-state index in [0.29, 0.717) is 13.1 Å². The van der Waals surface area contributed by atoms with Crippen molar-refractivity contribution in [3.05, 3.63) is 35.9 Å². The van der Waals surface area contributed by atoms with E-state index in [2.05, 4.69) is 0 Å². The van der Waals surface area contributed by atoms with Crippen molar-refractivity contribution in [3.63, 3.8) is 0 Å². The van der Waals surface area contributed by atoms with Crippen LogP contribution in [0.25, 0.3) is 0 Å². The molecule has 1 saturated heterocycles. The van der Waals surface area contributed by atoms with E-state index in [0.717, 1.165) is 18.4 Å². The summed E-state index contributed by atoms with van der Waals surface area (Å²) in [5, 5.41) is 0. The standard InChI is InChI=1S/C19H28N2O4/c1-19(2,3)25-18(23)21-12-8-11-16(13-21)20(4)17(22)24-14-15-9-6-5-7-10-15/h5-7,9-10,16H,8,11-14H2,1-4H3/t16-/m1/s1. The third kappa shape index (κ3) is 5.96. The zero-order valence-corrected chi connectivity index (χ0v) is 15.5. The molecule has 0 spiro atoms. The van der Waals surface area contributed by atoms with E-state index < -0.39 is 5.60 Å². The zero-order valence-electron chi connectivity index (χ0n) is 15.5. The van der Waals surface area contributed by atoms with Crippen LogP contribution in [0.1, 0.15) is 39.2 Å². The second-order valence-corrected chi connectivity index (χ2v) is 7.37. The average Bonchev–Trinajstić information content (AvgIpc) is 2.58. The summed E-state index contributed by atoms with van der Waals surface area (Å²) in [4.78, 5) is 27.8. The fourth-order valence-corrected chi connectivity index (χ4v) is 2.73. The third-order valence-electron chi connectivity index (χ3n) is 4.09. The summed E-state index contributed by atoms with van der Waals surface area (Å²) in [5.74, 6) is 0. The van der Waals surface area contributed by atoms with Crippen LogP contribution in [0, 0.1) is 0 Å². The summed E-state index contributed by atoms with van der Waals surface area (Å²) < 4.78 is 10.8. The summed E-state index contributed by atoms with van der Waals surface area (Å²) in [5.41, 5.74) is 0.424. The molecule has 1 aromatic rings. The van der Waals surface area contributed by atoms with E-state index in [9.17, 15) is 9.59 Å². The van der Waals surface area contributed by atoms with E-state index >= 15 is 0 Å². The van der Waals surface area contributed by atoms with Gasteiger partial charge in [0.15, 0.2) is 0 Å². The summed E-state index contributed by atoms with van der Waals surface area (Å²) in [6.45, 7) is 6.90. The van der Waals surface area contributed by atoms with Crippen LogP contribution < -0.4 is 0 Å². The normalized spacial score (nSPS) is 17.8. The molecule has 6 heteroatoms. The number of piperidine rings is 1. The average molecular weight is 348 g/mol. The smallest absolute Gasteiger partial charge is 0.410 e. The number of carbonyl (C=O) groups is 2. The van der Waals surface area contributed by atoms with Crippen molar-refractivity contribution in [1.82, 2.24) is 9.80 Å². The highest BCUT2D eigenvalue weighted by molar-refractivity contribution is 5.69. The molecule has 1 fully saturated rings. The first-order valence-electron chi connectivity index (χ1n) is 8.68. The minimum Gasteiger partial charge on any atom is -0.445 e. The minimum atomic E-state index is -0.523. The van der Waals surface area contributed by atoms with Crippen molar-refractivity contribution in [3.8, 4) is 0 Å². The number of carbonyl (C=O) groups excluding carboxylic acids is 2. The van der Waals surface area contributed by atoms with Crippen molar-refractivity contribution < 1.29 is 19.1 Å². The first-order chi connectivity index (χ1) is 11.8. The van der Waals surface area contributed by atoms with Gasteiger partial charge in [0, 0.05) is 20.1 Å². The molecular formula is C19H28N2O4. The van der Waals surface area contributed by atoms with Crippen LogP contribution in [-0.2, 0) is 16.1 Å². The molecular weight excluding hydrogens is 320 g/mol. The van der Waals surface area contributed by atoms with Gasteiger partial charge in [-0.05, 0) is 39.2 Å². The highest BCUT2D eigenvalue weighted by Gasteiger charge is 2.31. The Balaban J connectivity index is 1.86. The predicted octanol–water partition coefficient (Wildman–Crippen LogP) is 3.65. The van der Waals surface area contributed by atoms with Gasteiger partial charge in [0.2, 0.25) is 0 Å². The Morgan fingerprint density at radius 3 is 2.56 bits per heavy atom. The fourth-order valence-electron chi connectivity index (χ4n) is 2.73. The number of hydrogen-bond donors (Lipinski definition) is 0. The van der Waals surface area contributed by atoms with E-state index in [1.54, 1.807) is 16.8 Å². The molecule has 0 saturated carbocycles. The quantitative estimate of drug-likeness (QED) is 0.836. The number of likely N-dealkylation sites (N-methyl/N-ethyl adjacent to an activating group) is 1. The summed E-state index contributed by atoms with van der Waals surface area (Å²) in [6.07, 6.45) is 0.972. The number of benzene rings is 1. The van der Waals surface area contributed by atoms with Crippen LogP contribution in [0.5, 0.6) is 0 Å². The largest absolute Gasteiger partial charge is 0.445 e. The zero-order chi connectivity index (χ0) is 18.4. The van der Waals surface area contributed by atoms with E-state index in [1.807, 2.05) is 51.1 Å². The van der Waals surface area contributed by atoms with Gasteiger partial charge in [-0.2, -0.15) is 0 Å². The Morgan fingerprint density at radius 2 is 1.92 bits per heavy atom. The van der Waals surface area contributed by atoms with Gasteiger partial charge in [0.05, 0.1) is 6.04 Å². The molecule has 0 radical (unpaired) electrons. The fraction of sp³-hybridized carbons (Fsp3) is 0.579. The lowest BCUT2D eigenvalue weighted by molar-refractivity contribution is 0.0110. The van der Waals surface area contributed by atoms with Crippen LogP contribution in [0.4, 0.5) is 9.59 Å². The van der Waals surface area contributed by atoms with Crippen molar-refractivity contribution >= 4 is 12.2 Å². The lowest BCUT2D eigenvalue weighted by Gasteiger charge is -2.37. The van der Waals surface area contributed by atoms with Gasteiger partial charge in [-0.15, -0.1) is 0 Å². The Bertz CT molecular complexity index is 583. The Hall–Kier alpha value is -2.24. The molecule has 25 heavy (non-hydrogen) atoms. The Morgan fingerprint density at radius 1 is 1.24 bits per heavy atom. The molecule has 138 valence electrons. The van der Waals surface area contributed by atoms with Crippen LogP contribution in [0.3, 0.4) is 0 Å². The van der Waals surface area contributed by atoms with Crippen molar-refractivity contribution in [2.45, 2.75) is 51.9 Å². The maximum Gasteiger partial charge on any atom is 0.410 e. The number of hydrogen-bond acceptors (Lipinski definition) is 4. The SMILES string of the molecule is CN(C(=O)OCc1ccccc1)[C@@H]1CCCN(C(=O)OC(C)(C)C)C1. The summed E-state index contributed by atoms with van der Waals surface area (Å²) in [6, 6.07) is 9.50. The highest BCUT2D eigenvalue weighted by Crippen LogP contribution is 2.19. The lowest BCUT2D eigenvalue weighted by atomic mass is 10.1. The molecule has 2 rings (SSSR count). The molecule has 1 aliphatic heterocycles. The number of ether oxygens (including phenoxy) is 2. The van der Waals surface area contributed by atoms with Crippen molar-refractivity contribution in [1.29, 1.82) is 0 Å². The highest BCUT2D eigenvalue weighted by atomic mass is 16.6. The molecule has 1 aromatic carbocycles. The molecule has 2 amide bonds. The Kier molecular flexibility index (Phi) is 6.28. The van der Waals surface area contributed by atoms with Crippen LogP contribution >= 0.6 is 0 Å². The molecule has 0 aliphatic carbocycles. The van der Waals surface area contributed by atoms with Crippen LogP contribution in [0.15, 0.2) is 30.3 Å². The van der Waals surface area contributed by atoms with Crippen molar-refractivity contribution in [2.24, 2.45) is 0 Å². The monoisotopic (exact) mass is 348 g/mol. The molecule has 1 heterocycles. The summed E-state index contributed by atoms with van der Waals surface area (Å²) >= 11 is 0. The maximum atomic E-state index is 12.3. The van der Waals surface area contributed by atoms with Gasteiger partial charge in [-0.1, -0.05) is 30.3 Å². The van der Waals surface area contributed by atoms with Crippen molar-refractivity contribution in [2.75, 3.05) is 20.1 Å². The van der Waals surface area contributed by atoms with Gasteiger partial charge in [-0.3, -0.25) is 0 Å². The van der Waals surface area contributed by atoms with Gasteiger partial charge < -0.3 is 19.3 Å². The maximum absolute atomic E-state index is 12.3. The van der Waals surface area contributed by atoms with E-state index in [1.165, 1.54) is 0 Å². The topological polar surface area (TPSA) is 59.1 Å². The number of likely N-dealkylation sites (tertiary alicyclic amines) is 1. The Labute approximate surface area is 149 Å². The molecule has 1 atom stereocenters. The minimum absolute atomic E-state index is 0.0652. The first-order valence-corrected chi connectivity index (χ1v) is 8.68. The molecule has 1 aliphatic rings. The predicted molar refractivity (Wildman–Crippen MR) is 95.2 cm³/mol. The van der Waals surface area contributed by atoms with Crippen LogP contribution in [0.2, 0.25) is 0 Å². The van der Waals surface area contributed by atoms with Crippen LogP contribution in [-0.4, -0.2) is 53.8 Å². The second kappa shape index (κ2) is 8.23. The molecule has 6 nitrogen and oxygen atoms in total. The van der Waals surface area contributed by atoms with Gasteiger partial charge >= 0.3 is 12.2 Å². The molecule has 0 aromatic heterocycles. The number of rotatable bonds is 3. The summed E-state index contributed by atoms with van der Waals surface area (Å²) in [7, 11) is 1.72. The van der Waals surface area contributed by atoms with E-state index in [-0.39, 0.29) is 24.8 Å². The van der Waals surface area contributed by atoms with E-state index in [4.69, 9.17) is 9.47 Å².